The monoisotopic (exact) mass is 293 g/mol. The number of amides is 1. The zero-order valence-corrected chi connectivity index (χ0v) is 12.5. The third kappa shape index (κ3) is 3.37. The molecule has 1 saturated heterocycles. The molecule has 1 atom stereocenters. The van der Waals surface area contributed by atoms with Crippen LogP contribution < -0.4 is 5.32 Å². The van der Waals surface area contributed by atoms with Gasteiger partial charge in [0.25, 0.3) is 0 Å². The second-order valence-corrected chi connectivity index (χ2v) is 6.52. The Kier molecular flexibility index (Phi) is 4.43. The fraction of sp³-hybridized carbons (Fsp3) is 0.571. The molecular weight excluding hydrogens is 274 g/mol. The van der Waals surface area contributed by atoms with Gasteiger partial charge in [-0.05, 0) is 44.7 Å². The van der Waals surface area contributed by atoms with Gasteiger partial charge in [-0.25, -0.2) is 0 Å². The summed E-state index contributed by atoms with van der Waals surface area (Å²) in [5, 5.41) is 24.2. The Balaban J connectivity index is 1.97. The number of rotatable bonds is 4. The molecule has 2 N–H and O–H groups in total. The quantitative estimate of drug-likeness (QED) is 0.887. The summed E-state index contributed by atoms with van der Waals surface area (Å²) in [5.41, 5.74) is -0.318. The van der Waals surface area contributed by atoms with Gasteiger partial charge < -0.3 is 10.4 Å². The van der Waals surface area contributed by atoms with Gasteiger partial charge in [-0.3, -0.25) is 9.69 Å². The molecule has 0 aliphatic carbocycles. The van der Waals surface area contributed by atoms with Crippen molar-refractivity contribution < 1.29 is 9.90 Å². The minimum absolute atomic E-state index is 0.00650. The number of nitrogens with zero attached hydrogens (tertiary/aromatic N) is 2. The standard InChI is InChI=1S/C14H19N3O2S/c1-14(2,19)11-4-3-6-17(11)9-12(18)16-13-10(8-15)5-7-20-13/h5,7,11,19H,3-4,6,9H2,1-2H3,(H,16,18). The van der Waals surface area contributed by atoms with Crippen LogP contribution in [-0.2, 0) is 4.79 Å². The number of aliphatic hydroxyl groups is 1. The summed E-state index contributed by atoms with van der Waals surface area (Å²) in [5.74, 6) is -0.139. The van der Waals surface area contributed by atoms with Crippen molar-refractivity contribution in [1.82, 2.24) is 4.90 Å². The number of carbonyl (C=O) groups is 1. The largest absolute Gasteiger partial charge is 0.389 e. The lowest BCUT2D eigenvalue weighted by Crippen LogP contribution is -2.48. The fourth-order valence-corrected chi connectivity index (χ4v) is 3.41. The van der Waals surface area contributed by atoms with E-state index in [9.17, 15) is 9.90 Å². The predicted octanol–water partition coefficient (Wildman–Crippen LogP) is 1.79. The van der Waals surface area contributed by atoms with Crippen LogP contribution in [0.4, 0.5) is 5.00 Å². The van der Waals surface area contributed by atoms with E-state index in [0.29, 0.717) is 10.6 Å². The molecule has 1 fully saturated rings. The average molecular weight is 293 g/mol. The van der Waals surface area contributed by atoms with E-state index in [1.807, 2.05) is 11.0 Å². The van der Waals surface area contributed by atoms with E-state index >= 15 is 0 Å². The van der Waals surface area contributed by atoms with Crippen molar-refractivity contribution in [3.63, 3.8) is 0 Å². The zero-order chi connectivity index (χ0) is 14.8. The van der Waals surface area contributed by atoms with Gasteiger partial charge in [0, 0.05) is 6.04 Å². The van der Waals surface area contributed by atoms with Gasteiger partial charge in [0.15, 0.2) is 0 Å². The van der Waals surface area contributed by atoms with Gasteiger partial charge in [-0.2, -0.15) is 5.26 Å². The summed E-state index contributed by atoms with van der Waals surface area (Å²) in [6, 6.07) is 3.75. The third-order valence-electron chi connectivity index (χ3n) is 3.56. The Labute approximate surface area is 122 Å². The van der Waals surface area contributed by atoms with Crippen LogP contribution in [-0.4, -0.2) is 40.6 Å². The second-order valence-electron chi connectivity index (χ2n) is 5.61. The predicted molar refractivity (Wildman–Crippen MR) is 78.6 cm³/mol. The highest BCUT2D eigenvalue weighted by Gasteiger charge is 2.36. The van der Waals surface area contributed by atoms with Gasteiger partial charge in [0.1, 0.15) is 11.1 Å². The van der Waals surface area contributed by atoms with Crippen LogP contribution in [0, 0.1) is 11.3 Å². The molecule has 0 saturated carbocycles. The molecule has 1 aromatic rings. The Bertz CT molecular complexity index is 527. The molecule has 2 rings (SSSR count). The van der Waals surface area contributed by atoms with Crippen LogP contribution in [0.15, 0.2) is 11.4 Å². The molecule has 1 aliphatic heterocycles. The lowest BCUT2D eigenvalue weighted by Gasteiger charge is -2.33. The van der Waals surface area contributed by atoms with Crippen molar-refractivity contribution >= 4 is 22.2 Å². The summed E-state index contributed by atoms with van der Waals surface area (Å²) in [4.78, 5) is 14.1. The van der Waals surface area contributed by atoms with E-state index in [0.717, 1.165) is 19.4 Å². The van der Waals surface area contributed by atoms with Crippen molar-refractivity contribution in [2.45, 2.75) is 38.3 Å². The first-order valence-electron chi connectivity index (χ1n) is 6.65. The summed E-state index contributed by atoms with van der Waals surface area (Å²) in [6.45, 7) is 4.62. The van der Waals surface area contributed by atoms with Crippen LogP contribution in [0.2, 0.25) is 0 Å². The molecule has 2 heterocycles. The van der Waals surface area contributed by atoms with Gasteiger partial charge in [-0.15, -0.1) is 11.3 Å². The van der Waals surface area contributed by atoms with E-state index in [4.69, 9.17) is 5.26 Å². The summed E-state index contributed by atoms with van der Waals surface area (Å²) in [7, 11) is 0. The Morgan fingerprint density at radius 1 is 1.70 bits per heavy atom. The van der Waals surface area contributed by atoms with Crippen LogP contribution >= 0.6 is 11.3 Å². The number of thiophene rings is 1. The first-order chi connectivity index (χ1) is 9.41. The highest BCUT2D eigenvalue weighted by molar-refractivity contribution is 7.14. The van der Waals surface area contributed by atoms with Crippen LogP contribution in [0.3, 0.4) is 0 Å². The fourth-order valence-electron chi connectivity index (χ4n) is 2.66. The highest BCUT2D eigenvalue weighted by atomic mass is 32.1. The smallest absolute Gasteiger partial charge is 0.239 e. The minimum atomic E-state index is -0.808. The summed E-state index contributed by atoms with van der Waals surface area (Å²) >= 11 is 1.34. The van der Waals surface area contributed by atoms with E-state index in [1.54, 1.807) is 25.3 Å². The van der Waals surface area contributed by atoms with Crippen LogP contribution in [0.1, 0.15) is 32.3 Å². The summed E-state index contributed by atoms with van der Waals surface area (Å²) < 4.78 is 0. The number of hydrogen-bond donors (Lipinski definition) is 2. The first kappa shape index (κ1) is 15.0. The number of nitrogens with one attached hydrogen (secondary N) is 1. The van der Waals surface area contributed by atoms with Gasteiger partial charge in [0.2, 0.25) is 5.91 Å². The molecule has 6 heteroatoms. The SMILES string of the molecule is CC(C)(O)C1CCCN1CC(=O)Nc1sccc1C#N. The molecule has 0 aromatic carbocycles. The van der Waals surface area contributed by atoms with E-state index in [1.165, 1.54) is 11.3 Å². The maximum atomic E-state index is 12.1. The van der Waals surface area contributed by atoms with Crippen molar-refractivity contribution in [2.24, 2.45) is 0 Å². The molecular formula is C14H19N3O2S. The van der Waals surface area contributed by atoms with Gasteiger partial charge >= 0.3 is 0 Å². The van der Waals surface area contributed by atoms with Crippen molar-refractivity contribution in [1.29, 1.82) is 5.26 Å². The molecule has 108 valence electrons. The third-order valence-corrected chi connectivity index (χ3v) is 4.39. The number of anilines is 1. The van der Waals surface area contributed by atoms with Crippen molar-refractivity contribution in [2.75, 3.05) is 18.4 Å². The van der Waals surface area contributed by atoms with Crippen molar-refractivity contribution in [3.05, 3.63) is 17.0 Å². The Hall–Kier alpha value is -1.42. The maximum absolute atomic E-state index is 12.1. The Morgan fingerprint density at radius 2 is 2.45 bits per heavy atom. The van der Waals surface area contributed by atoms with Gasteiger partial charge in [0.05, 0.1) is 17.7 Å². The number of likely N-dealkylation sites (tertiary alicyclic amines) is 1. The highest BCUT2D eigenvalue weighted by Crippen LogP contribution is 2.27. The van der Waals surface area contributed by atoms with Crippen LogP contribution in [0.5, 0.6) is 0 Å². The van der Waals surface area contributed by atoms with Crippen LogP contribution in [0.25, 0.3) is 0 Å². The maximum Gasteiger partial charge on any atom is 0.239 e. The molecule has 1 amide bonds. The van der Waals surface area contributed by atoms with Crippen molar-refractivity contribution in [3.8, 4) is 6.07 Å². The second kappa shape index (κ2) is 5.92. The van der Waals surface area contributed by atoms with E-state index in [-0.39, 0.29) is 18.5 Å². The minimum Gasteiger partial charge on any atom is -0.389 e. The topological polar surface area (TPSA) is 76.4 Å². The number of carbonyl (C=O) groups excluding carboxylic acids is 1. The van der Waals surface area contributed by atoms with Gasteiger partial charge in [-0.1, -0.05) is 0 Å². The number of hydrogen-bond acceptors (Lipinski definition) is 5. The first-order valence-corrected chi connectivity index (χ1v) is 7.53. The molecule has 20 heavy (non-hydrogen) atoms. The average Bonchev–Trinajstić information content (AvgIpc) is 2.96. The lowest BCUT2D eigenvalue weighted by molar-refractivity contribution is -0.118. The normalized spacial score (nSPS) is 19.8. The molecule has 5 nitrogen and oxygen atoms in total. The molecule has 0 spiro atoms. The number of nitriles is 1. The summed E-state index contributed by atoms with van der Waals surface area (Å²) in [6.07, 6.45) is 1.89. The molecule has 0 bridgehead atoms. The van der Waals surface area contributed by atoms with E-state index in [2.05, 4.69) is 5.32 Å². The molecule has 1 aliphatic rings. The van der Waals surface area contributed by atoms with E-state index < -0.39 is 5.60 Å². The zero-order valence-electron chi connectivity index (χ0n) is 11.7. The molecule has 0 radical (unpaired) electrons. The molecule has 1 aromatic heterocycles. The Morgan fingerprint density at radius 3 is 3.10 bits per heavy atom. The lowest BCUT2D eigenvalue weighted by atomic mass is 9.97. The molecule has 1 unspecified atom stereocenters.